The summed E-state index contributed by atoms with van der Waals surface area (Å²) in [6.45, 7) is 2.24. The van der Waals surface area contributed by atoms with Gasteiger partial charge in [0.15, 0.2) is 15.0 Å². The van der Waals surface area contributed by atoms with Crippen molar-refractivity contribution in [2.45, 2.75) is 31.2 Å². The van der Waals surface area contributed by atoms with Crippen LogP contribution in [-0.4, -0.2) is 54.3 Å². The third-order valence-electron chi connectivity index (χ3n) is 4.23. The van der Waals surface area contributed by atoms with E-state index < -0.39 is 9.84 Å². The average molecular weight is 368 g/mol. The quantitative estimate of drug-likeness (QED) is 0.805. The molecule has 0 saturated carbocycles. The van der Waals surface area contributed by atoms with Gasteiger partial charge in [-0.25, -0.2) is 8.42 Å². The highest BCUT2D eigenvalue weighted by molar-refractivity contribution is 8.15. The van der Waals surface area contributed by atoms with Crippen LogP contribution in [0.1, 0.15) is 18.9 Å². The number of sulfone groups is 1. The lowest BCUT2D eigenvalue weighted by atomic mass is 10.1. The first-order valence-corrected chi connectivity index (χ1v) is 10.5. The summed E-state index contributed by atoms with van der Waals surface area (Å²) in [5.74, 6) is 0.807. The van der Waals surface area contributed by atoms with E-state index in [1.807, 2.05) is 29.2 Å². The Hall–Kier alpha value is -1.54. The van der Waals surface area contributed by atoms with Crippen molar-refractivity contribution >= 4 is 32.7 Å². The first-order chi connectivity index (χ1) is 11.4. The van der Waals surface area contributed by atoms with Crippen LogP contribution in [0.4, 0.5) is 0 Å². The zero-order valence-corrected chi connectivity index (χ0v) is 15.3. The van der Waals surface area contributed by atoms with E-state index >= 15 is 0 Å². The number of thioether (sulfide) groups is 1. The molecule has 24 heavy (non-hydrogen) atoms. The van der Waals surface area contributed by atoms with Gasteiger partial charge in [0.2, 0.25) is 5.91 Å². The maximum atomic E-state index is 12.0. The van der Waals surface area contributed by atoms with E-state index in [0.29, 0.717) is 18.1 Å². The van der Waals surface area contributed by atoms with Crippen molar-refractivity contribution in [3.8, 4) is 5.75 Å². The molecule has 0 bridgehead atoms. The minimum atomic E-state index is -3.04. The van der Waals surface area contributed by atoms with Crippen molar-refractivity contribution in [1.29, 1.82) is 0 Å². The van der Waals surface area contributed by atoms with Gasteiger partial charge in [-0.05, 0) is 6.07 Å². The molecule has 0 aliphatic carbocycles. The summed E-state index contributed by atoms with van der Waals surface area (Å²) in [5, 5.41) is 0.561. The molecule has 0 radical (unpaired) electrons. The second kappa shape index (κ2) is 6.76. The van der Waals surface area contributed by atoms with Crippen molar-refractivity contribution < 1.29 is 17.9 Å². The predicted molar refractivity (Wildman–Crippen MR) is 95.1 cm³/mol. The zero-order chi connectivity index (χ0) is 17.3. The van der Waals surface area contributed by atoms with Gasteiger partial charge in [-0.3, -0.25) is 4.79 Å². The molecular formula is C16H20N2O4S2. The Morgan fingerprint density at radius 2 is 2.12 bits per heavy atom. The summed E-state index contributed by atoms with van der Waals surface area (Å²) < 4.78 is 29.3. The van der Waals surface area contributed by atoms with Gasteiger partial charge in [0.25, 0.3) is 0 Å². The lowest BCUT2D eigenvalue weighted by Crippen LogP contribution is -2.37. The largest absolute Gasteiger partial charge is 0.496 e. The molecule has 130 valence electrons. The molecule has 2 heterocycles. The second-order valence-corrected chi connectivity index (χ2v) is 9.24. The van der Waals surface area contributed by atoms with Crippen molar-refractivity contribution in [2.75, 3.05) is 18.6 Å². The summed E-state index contributed by atoms with van der Waals surface area (Å²) in [6.07, 6.45) is 0.334. The number of benzene rings is 1. The Balaban J connectivity index is 1.93. The lowest BCUT2D eigenvalue weighted by molar-refractivity contribution is -0.117. The molecule has 2 aliphatic rings. The highest BCUT2D eigenvalue weighted by Gasteiger charge is 2.48. The SMILES string of the molecule is CCC(=O)N=C1SC2CS(=O)(=O)CC2N1Cc1ccccc1OC. The molecule has 6 nitrogen and oxygen atoms in total. The summed E-state index contributed by atoms with van der Waals surface area (Å²) in [5.41, 5.74) is 0.946. The summed E-state index contributed by atoms with van der Waals surface area (Å²) in [7, 11) is -1.43. The maximum Gasteiger partial charge on any atom is 0.247 e. The van der Waals surface area contributed by atoms with E-state index in [1.54, 1.807) is 14.0 Å². The van der Waals surface area contributed by atoms with E-state index in [0.717, 1.165) is 11.3 Å². The Morgan fingerprint density at radius 1 is 1.38 bits per heavy atom. The standard InChI is InChI=1S/C16H20N2O4S2/c1-3-15(19)17-16-18(8-11-6-4-5-7-13(11)22-2)12-9-24(20,21)10-14(12)23-16/h4-7,12,14H,3,8-10H2,1-2H3. The number of nitrogens with zero attached hydrogens (tertiary/aromatic N) is 2. The molecule has 2 unspecified atom stereocenters. The molecule has 3 rings (SSSR count). The second-order valence-electron chi connectivity index (χ2n) is 5.88. The number of carbonyl (C=O) groups is 1. The fourth-order valence-corrected chi connectivity index (χ4v) is 6.99. The van der Waals surface area contributed by atoms with Crippen LogP contribution in [0.2, 0.25) is 0 Å². The van der Waals surface area contributed by atoms with E-state index in [9.17, 15) is 13.2 Å². The van der Waals surface area contributed by atoms with Crippen LogP contribution in [0.3, 0.4) is 0 Å². The monoisotopic (exact) mass is 368 g/mol. The van der Waals surface area contributed by atoms with Crippen LogP contribution in [0, 0.1) is 0 Å². The number of para-hydroxylation sites is 1. The summed E-state index contributed by atoms with van der Waals surface area (Å²) >= 11 is 1.40. The van der Waals surface area contributed by atoms with Crippen LogP contribution < -0.4 is 4.74 Å². The highest BCUT2D eigenvalue weighted by atomic mass is 32.2. The molecule has 0 aromatic heterocycles. The van der Waals surface area contributed by atoms with Gasteiger partial charge in [0.1, 0.15) is 5.75 Å². The smallest absolute Gasteiger partial charge is 0.247 e. The highest BCUT2D eigenvalue weighted by Crippen LogP contribution is 2.39. The van der Waals surface area contributed by atoms with Crippen LogP contribution in [0.25, 0.3) is 0 Å². The number of hydrogen-bond acceptors (Lipinski definition) is 5. The third-order valence-corrected chi connectivity index (χ3v) is 7.48. The average Bonchev–Trinajstić information content (AvgIpc) is 3.00. The number of ether oxygens (including phenoxy) is 1. The number of carbonyl (C=O) groups excluding carboxylic acids is 1. The molecule has 2 atom stereocenters. The van der Waals surface area contributed by atoms with Gasteiger partial charge in [0, 0.05) is 23.8 Å². The van der Waals surface area contributed by atoms with E-state index in [-0.39, 0.29) is 28.7 Å². The first kappa shape index (κ1) is 17.3. The third kappa shape index (κ3) is 3.44. The Kier molecular flexibility index (Phi) is 4.87. The number of rotatable bonds is 4. The van der Waals surface area contributed by atoms with Gasteiger partial charge in [0.05, 0.1) is 24.7 Å². The summed E-state index contributed by atoms with van der Waals surface area (Å²) in [6, 6.07) is 7.47. The van der Waals surface area contributed by atoms with E-state index in [2.05, 4.69) is 4.99 Å². The van der Waals surface area contributed by atoms with Crippen molar-refractivity contribution in [3.63, 3.8) is 0 Å². The number of aliphatic imine (C=N–C) groups is 1. The van der Waals surface area contributed by atoms with Gasteiger partial charge >= 0.3 is 0 Å². The van der Waals surface area contributed by atoms with Crippen molar-refractivity contribution in [2.24, 2.45) is 4.99 Å². The zero-order valence-electron chi connectivity index (χ0n) is 13.6. The number of amides is 1. The first-order valence-electron chi connectivity index (χ1n) is 7.80. The molecule has 1 aromatic rings. The maximum absolute atomic E-state index is 12.0. The molecule has 2 aliphatic heterocycles. The molecule has 8 heteroatoms. The topological polar surface area (TPSA) is 76.0 Å². The Morgan fingerprint density at radius 3 is 2.83 bits per heavy atom. The predicted octanol–water partition coefficient (Wildman–Crippen LogP) is 1.70. The van der Waals surface area contributed by atoms with Gasteiger partial charge < -0.3 is 9.64 Å². The number of methoxy groups -OCH3 is 1. The van der Waals surface area contributed by atoms with Crippen molar-refractivity contribution in [1.82, 2.24) is 4.90 Å². The molecule has 0 spiro atoms. The number of hydrogen-bond donors (Lipinski definition) is 0. The lowest BCUT2D eigenvalue weighted by Gasteiger charge is -2.25. The van der Waals surface area contributed by atoms with Crippen LogP contribution in [0.15, 0.2) is 29.3 Å². The fraction of sp³-hybridized carbons (Fsp3) is 0.500. The van der Waals surface area contributed by atoms with Crippen LogP contribution >= 0.6 is 11.8 Å². The van der Waals surface area contributed by atoms with Crippen molar-refractivity contribution in [3.05, 3.63) is 29.8 Å². The summed E-state index contributed by atoms with van der Waals surface area (Å²) in [4.78, 5) is 17.9. The van der Waals surface area contributed by atoms with Crippen LogP contribution in [0.5, 0.6) is 5.75 Å². The van der Waals surface area contributed by atoms with Gasteiger partial charge in [-0.2, -0.15) is 4.99 Å². The molecule has 2 fully saturated rings. The Bertz CT molecular complexity index is 776. The van der Waals surface area contributed by atoms with E-state index in [4.69, 9.17) is 4.74 Å². The van der Waals surface area contributed by atoms with Gasteiger partial charge in [-0.15, -0.1) is 0 Å². The molecule has 2 saturated heterocycles. The fourth-order valence-electron chi connectivity index (χ4n) is 3.02. The number of fused-ring (bicyclic) bond motifs is 1. The van der Waals surface area contributed by atoms with E-state index in [1.165, 1.54) is 11.8 Å². The molecule has 1 aromatic carbocycles. The number of amidine groups is 1. The Labute approximate surface area is 146 Å². The molecule has 1 amide bonds. The van der Waals surface area contributed by atoms with Crippen LogP contribution in [-0.2, 0) is 21.2 Å². The molecular weight excluding hydrogens is 348 g/mol. The minimum Gasteiger partial charge on any atom is -0.496 e. The normalized spacial score (nSPS) is 26.6. The van der Waals surface area contributed by atoms with Gasteiger partial charge in [-0.1, -0.05) is 36.9 Å². The minimum absolute atomic E-state index is 0.0619. The molecule has 0 N–H and O–H groups in total.